The first kappa shape index (κ1) is 37.7. The van der Waals surface area contributed by atoms with E-state index in [0.29, 0.717) is 23.7 Å². The average molecular weight is 721 g/mol. The number of nitrogens with zero attached hydrogens (tertiary/aromatic N) is 4. The van der Waals surface area contributed by atoms with Crippen LogP contribution in [0.5, 0.6) is 11.5 Å². The van der Waals surface area contributed by atoms with Crippen LogP contribution in [-0.2, 0) is 24.7 Å². The average Bonchev–Trinajstić information content (AvgIpc) is 3.62. The van der Waals surface area contributed by atoms with Crippen molar-refractivity contribution in [1.29, 1.82) is 0 Å². The van der Waals surface area contributed by atoms with Crippen molar-refractivity contribution in [3.8, 4) is 23.0 Å². The molecule has 3 aromatic heterocycles. The van der Waals surface area contributed by atoms with Gasteiger partial charge in [-0.25, -0.2) is 9.67 Å². The fourth-order valence-electron chi connectivity index (χ4n) is 9.07. The minimum atomic E-state index is -0.0856. The van der Waals surface area contributed by atoms with Crippen molar-refractivity contribution in [1.82, 2.24) is 19.3 Å². The Bertz CT molecular complexity index is 2310. The minimum Gasteiger partial charge on any atom is -0.457 e. The summed E-state index contributed by atoms with van der Waals surface area (Å²) in [5.41, 5.74) is 11.3. The Labute approximate surface area is 323 Å². The lowest BCUT2D eigenvalue weighted by atomic mass is 9.72. The van der Waals surface area contributed by atoms with Crippen molar-refractivity contribution in [2.45, 2.75) is 119 Å². The summed E-state index contributed by atoms with van der Waals surface area (Å²) in [5, 5.41) is 7.88. The van der Waals surface area contributed by atoms with Gasteiger partial charge in [-0.05, 0) is 109 Å². The molecule has 0 amide bonds. The van der Waals surface area contributed by atoms with E-state index in [1.165, 1.54) is 50.8 Å². The second-order valence-corrected chi connectivity index (χ2v) is 17.5. The summed E-state index contributed by atoms with van der Waals surface area (Å²) in [5.74, 6) is 4.72. The zero-order valence-corrected chi connectivity index (χ0v) is 34.3. The number of para-hydroxylation sites is 1. The molecule has 0 N–H and O–H groups in total. The molecule has 0 bridgehead atoms. The van der Waals surface area contributed by atoms with E-state index in [9.17, 15) is 0 Å². The summed E-state index contributed by atoms with van der Waals surface area (Å²) in [7, 11) is 0. The van der Waals surface area contributed by atoms with Crippen LogP contribution in [0, 0.1) is 17.8 Å². The molecule has 5 heteroatoms. The quantitative estimate of drug-likeness (QED) is 0.125. The number of fused-ring (bicyclic) bond motifs is 3. The van der Waals surface area contributed by atoms with Gasteiger partial charge in [0.1, 0.15) is 17.3 Å². The number of hydrogen-bond acceptors (Lipinski definition) is 3. The van der Waals surface area contributed by atoms with Gasteiger partial charge in [0.15, 0.2) is 0 Å². The number of ether oxygens (including phenoxy) is 1. The molecule has 0 spiro atoms. The fourth-order valence-corrected chi connectivity index (χ4v) is 9.07. The smallest absolute Gasteiger partial charge is 0.137 e. The van der Waals surface area contributed by atoms with E-state index in [2.05, 4.69) is 157 Å². The summed E-state index contributed by atoms with van der Waals surface area (Å²) in [6.07, 6.45) is 10.8. The van der Waals surface area contributed by atoms with Crippen LogP contribution in [-0.4, -0.2) is 19.3 Å². The lowest BCUT2D eigenvalue weighted by Gasteiger charge is -2.33. The van der Waals surface area contributed by atoms with Gasteiger partial charge < -0.3 is 4.74 Å². The molecule has 3 heterocycles. The van der Waals surface area contributed by atoms with Crippen LogP contribution in [0.25, 0.3) is 33.3 Å². The lowest BCUT2D eigenvalue weighted by Crippen LogP contribution is -2.21. The van der Waals surface area contributed by atoms with Crippen LogP contribution < -0.4 is 4.74 Å². The number of hydrogen-bond donors (Lipinski definition) is 0. The number of aromatic nitrogens is 4. The standard InChI is InChI=1S/C49H60N4O/c1-11-15-42-48(47-33(6)24-32(5)25-34(47)7)44(16-12-2)53(51-42)37-27-36(49(8,9)10)28-39(29-37)54-38-19-20-41-40-17-13-14-18-43(40)52(45(41)30-38)46-26-35(21-22-50-46)23-31(3)4/h13-14,17-22,24,26-32,34,47H,11-12,15-16,23,25H2,1-10H3/t32-,34-,47-/m0/s1. The third kappa shape index (κ3) is 7.39. The van der Waals surface area contributed by atoms with Crippen molar-refractivity contribution in [3.05, 3.63) is 119 Å². The van der Waals surface area contributed by atoms with E-state index >= 15 is 0 Å². The number of rotatable bonds is 11. The Kier molecular flexibility index (Phi) is 10.6. The van der Waals surface area contributed by atoms with Gasteiger partial charge in [0, 0.05) is 46.3 Å². The SMILES string of the molecule is CCCc1nn(-c2cc(Oc3ccc4c5ccccc5n(-c5cc(CC(C)C)ccn5)c4c3)cc(C(C)(C)C)c2)c(CCC)c1[C@H]1C(C)=C[C@H](C)C[C@@H]1C. The maximum atomic E-state index is 6.91. The molecule has 0 aliphatic heterocycles. The van der Waals surface area contributed by atoms with E-state index in [-0.39, 0.29) is 5.41 Å². The Morgan fingerprint density at radius 1 is 0.852 bits per heavy atom. The largest absolute Gasteiger partial charge is 0.457 e. The molecule has 0 fully saturated rings. The second kappa shape index (κ2) is 15.2. The zero-order chi connectivity index (χ0) is 38.3. The Balaban J connectivity index is 1.36. The first-order valence-electron chi connectivity index (χ1n) is 20.5. The molecule has 54 heavy (non-hydrogen) atoms. The van der Waals surface area contributed by atoms with Gasteiger partial charge in [-0.2, -0.15) is 5.10 Å². The number of benzene rings is 3. The second-order valence-electron chi connectivity index (χ2n) is 17.5. The van der Waals surface area contributed by atoms with Crippen molar-refractivity contribution < 1.29 is 4.74 Å². The van der Waals surface area contributed by atoms with Crippen LogP contribution in [0.2, 0.25) is 0 Å². The number of allylic oxidation sites excluding steroid dienone is 2. The summed E-state index contributed by atoms with van der Waals surface area (Å²) in [6.45, 7) is 23.1. The van der Waals surface area contributed by atoms with E-state index in [1.807, 2.05) is 6.20 Å². The maximum Gasteiger partial charge on any atom is 0.137 e. The predicted molar refractivity (Wildman–Crippen MR) is 227 cm³/mol. The molecule has 1 aliphatic rings. The molecule has 0 radical (unpaired) electrons. The van der Waals surface area contributed by atoms with E-state index < -0.39 is 0 Å². The molecule has 0 saturated heterocycles. The van der Waals surface area contributed by atoms with Gasteiger partial charge in [0.2, 0.25) is 0 Å². The molecule has 1 aliphatic carbocycles. The van der Waals surface area contributed by atoms with Gasteiger partial charge in [0.05, 0.1) is 22.4 Å². The third-order valence-corrected chi connectivity index (χ3v) is 11.3. The molecule has 3 atom stereocenters. The summed E-state index contributed by atoms with van der Waals surface area (Å²) in [6, 6.07) is 26.3. The highest BCUT2D eigenvalue weighted by Gasteiger charge is 2.33. The highest BCUT2D eigenvalue weighted by atomic mass is 16.5. The Morgan fingerprint density at radius 2 is 1.61 bits per heavy atom. The van der Waals surface area contributed by atoms with Crippen molar-refractivity contribution >= 4 is 21.8 Å². The minimum absolute atomic E-state index is 0.0856. The highest BCUT2D eigenvalue weighted by Crippen LogP contribution is 2.44. The molecular formula is C49H60N4O. The molecule has 7 rings (SSSR count). The Morgan fingerprint density at radius 3 is 2.33 bits per heavy atom. The maximum absolute atomic E-state index is 6.91. The van der Waals surface area contributed by atoms with Gasteiger partial charge in [-0.3, -0.25) is 4.57 Å². The van der Waals surface area contributed by atoms with Crippen LogP contribution in [0.1, 0.15) is 122 Å². The summed E-state index contributed by atoms with van der Waals surface area (Å²) in [4.78, 5) is 4.89. The van der Waals surface area contributed by atoms with E-state index in [1.54, 1.807) is 0 Å². The van der Waals surface area contributed by atoms with Gasteiger partial charge in [-0.15, -0.1) is 0 Å². The van der Waals surface area contributed by atoms with E-state index in [0.717, 1.165) is 66.1 Å². The Hall–Kier alpha value is -4.64. The normalized spacial score (nSPS) is 17.8. The van der Waals surface area contributed by atoms with E-state index in [4.69, 9.17) is 14.8 Å². The summed E-state index contributed by atoms with van der Waals surface area (Å²) >= 11 is 0. The van der Waals surface area contributed by atoms with Gasteiger partial charge in [-0.1, -0.05) is 105 Å². The molecule has 0 unspecified atom stereocenters. The van der Waals surface area contributed by atoms with Gasteiger partial charge in [0.25, 0.3) is 0 Å². The summed E-state index contributed by atoms with van der Waals surface area (Å²) < 4.78 is 11.5. The van der Waals surface area contributed by atoms with Crippen LogP contribution >= 0.6 is 0 Å². The van der Waals surface area contributed by atoms with Crippen LogP contribution in [0.4, 0.5) is 0 Å². The van der Waals surface area contributed by atoms with Crippen molar-refractivity contribution in [3.63, 3.8) is 0 Å². The fraction of sp³-hybridized carbons (Fsp3) is 0.429. The molecule has 0 saturated carbocycles. The molecule has 5 nitrogen and oxygen atoms in total. The number of aryl methyl sites for hydroxylation is 1. The van der Waals surface area contributed by atoms with Crippen molar-refractivity contribution in [2.75, 3.05) is 0 Å². The topological polar surface area (TPSA) is 44.9 Å². The molecule has 3 aromatic carbocycles. The number of pyridine rings is 1. The molecular weight excluding hydrogens is 661 g/mol. The predicted octanol–water partition coefficient (Wildman–Crippen LogP) is 13.3. The van der Waals surface area contributed by atoms with Crippen LogP contribution in [0.3, 0.4) is 0 Å². The van der Waals surface area contributed by atoms with Crippen LogP contribution in [0.15, 0.2) is 90.6 Å². The van der Waals surface area contributed by atoms with Gasteiger partial charge >= 0.3 is 0 Å². The monoisotopic (exact) mass is 720 g/mol. The highest BCUT2D eigenvalue weighted by molar-refractivity contribution is 6.09. The first-order valence-corrected chi connectivity index (χ1v) is 20.5. The lowest BCUT2D eigenvalue weighted by molar-refractivity contribution is 0.389. The van der Waals surface area contributed by atoms with Crippen molar-refractivity contribution in [2.24, 2.45) is 17.8 Å². The first-order chi connectivity index (χ1) is 25.9. The zero-order valence-electron chi connectivity index (χ0n) is 34.3. The third-order valence-electron chi connectivity index (χ3n) is 11.3. The molecule has 282 valence electrons. The molecule has 6 aromatic rings.